The first-order valence-electron chi connectivity index (χ1n) is 12.6. The second-order valence-corrected chi connectivity index (χ2v) is 10.3. The van der Waals surface area contributed by atoms with Gasteiger partial charge in [-0.3, -0.25) is 19.3 Å². The number of carbonyl (C=O) groups is 2. The lowest BCUT2D eigenvalue weighted by Crippen LogP contribution is -2.47. The molecule has 0 fully saturated rings. The highest BCUT2D eigenvalue weighted by Crippen LogP contribution is 2.31. The summed E-state index contributed by atoms with van der Waals surface area (Å²) in [6.45, 7) is 6.38. The summed E-state index contributed by atoms with van der Waals surface area (Å²) in [7, 11) is 1.58. The Kier molecular flexibility index (Phi) is 8.09. The summed E-state index contributed by atoms with van der Waals surface area (Å²) in [6, 6.07) is 15.2. The number of oxazole rings is 1. The Morgan fingerprint density at radius 1 is 1.10 bits per heavy atom. The molecule has 4 aromatic rings. The van der Waals surface area contributed by atoms with E-state index in [1.165, 1.54) is 33.9 Å². The molecule has 0 spiro atoms. The topological polar surface area (TPSA) is 97.4 Å². The van der Waals surface area contributed by atoms with E-state index in [-0.39, 0.29) is 29.0 Å². The van der Waals surface area contributed by atoms with Gasteiger partial charge in [0.25, 0.3) is 11.5 Å². The predicted molar refractivity (Wildman–Crippen MR) is 146 cm³/mol. The highest BCUT2D eigenvalue weighted by molar-refractivity contribution is 6.09. The molecule has 1 unspecified atom stereocenters. The van der Waals surface area contributed by atoms with Gasteiger partial charge in [-0.2, -0.15) is 0 Å². The molecule has 8 nitrogen and oxygen atoms in total. The fraction of sp³-hybridized carbons (Fsp3) is 0.267. The van der Waals surface area contributed by atoms with E-state index in [4.69, 9.17) is 4.42 Å². The van der Waals surface area contributed by atoms with Gasteiger partial charge in [0, 0.05) is 31.0 Å². The molecule has 0 bridgehead atoms. The number of rotatable bonds is 8. The lowest BCUT2D eigenvalue weighted by atomic mass is 9.87. The molecule has 9 heteroatoms. The smallest absolute Gasteiger partial charge is 0.281 e. The van der Waals surface area contributed by atoms with Gasteiger partial charge < -0.3 is 14.3 Å². The number of carbonyl (C=O) groups excluding carboxylic acids is 2. The monoisotopic (exact) mass is 530 g/mol. The molecule has 1 atom stereocenters. The van der Waals surface area contributed by atoms with Crippen molar-refractivity contribution in [2.45, 2.75) is 38.6 Å². The average molecular weight is 531 g/mol. The van der Waals surface area contributed by atoms with Gasteiger partial charge in [0.2, 0.25) is 5.91 Å². The number of benzene rings is 2. The third-order valence-electron chi connectivity index (χ3n) is 6.44. The Balaban J connectivity index is 1.77. The largest absolute Gasteiger partial charge is 0.451 e. The van der Waals surface area contributed by atoms with Crippen LogP contribution in [0.25, 0.3) is 0 Å². The summed E-state index contributed by atoms with van der Waals surface area (Å²) >= 11 is 0. The van der Waals surface area contributed by atoms with Crippen LogP contribution in [0.3, 0.4) is 0 Å². The molecule has 0 aliphatic carbocycles. The third-order valence-corrected chi connectivity index (χ3v) is 6.44. The molecule has 0 aliphatic heterocycles. The van der Waals surface area contributed by atoms with Crippen LogP contribution >= 0.6 is 0 Å². The first kappa shape index (κ1) is 27.5. The number of halogens is 1. The molecule has 0 radical (unpaired) electrons. The lowest BCUT2D eigenvalue weighted by molar-refractivity contribution is -0.122. The number of aromatic nitrogens is 2. The minimum absolute atomic E-state index is 0.0137. The molecule has 2 heterocycles. The van der Waals surface area contributed by atoms with Crippen LogP contribution in [0.4, 0.5) is 10.1 Å². The molecule has 4 rings (SSSR count). The molecule has 0 aliphatic rings. The average Bonchev–Trinajstić information content (AvgIpc) is 3.44. The number of nitrogens with one attached hydrogen (secondary N) is 1. The highest BCUT2D eigenvalue weighted by Gasteiger charge is 2.36. The van der Waals surface area contributed by atoms with Crippen LogP contribution in [0.15, 0.2) is 88.7 Å². The van der Waals surface area contributed by atoms with Gasteiger partial charge in [-0.05, 0) is 59.4 Å². The quantitative estimate of drug-likeness (QED) is 0.360. The highest BCUT2D eigenvalue weighted by atomic mass is 19.1. The third kappa shape index (κ3) is 6.31. The number of anilines is 1. The maximum atomic E-state index is 13.8. The van der Waals surface area contributed by atoms with Crippen molar-refractivity contribution in [1.82, 2.24) is 14.9 Å². The van der Waals surface area contributed by atoms with Crippen LogP contribution in [-0.2, 0) is 23.7 Å². The second kappa shape index (κ2) is 11.5. The number of aryl methyl sites for hydroxylation is 1. The van der Waals surface area contributed by atoms with Crippen LogP contribution in [0, 0.1) is 5.82 Å². The summed E-state index contributed by atoms with van der Waals surface area (Å²) in [5.41, 5.74) is 1.68. The van der Waals surface area contributed by atoms with Gasteiger partial charge in [0.05, 0.1) is 0 Å². The van der Waals surface area contributed by atoms with Crippen molar-refractivity contribution in [2.75, 3.05) is 11.4 Å². The molecule has 2 amide bonds. The van der Waals surface area contributed by atoms with E-state index < -0.39 is 23.4 Å². The Hall–Kier alpha value is -4.53. The van der Waals surface area contributed by atoms with E-state index in [9.17, 15) is 18.8 Å². The van der Waals surface area contributed by atoms with Gasteiger partial charge in [0.15, 0.2) is 12.1 Å². The zero-order chi connectivity index (χ0) is 28.2. The lowest BCUT2D eigenvalue weighted by Gasteiger charge is -2.31. The first-order valence-corrected chi connectivity index (χ1v) is 12.6. The Labute approximate surface area is 226 Å². The Morgan fingerprint density at radius 3 is 2.49 bits per heavy atom. The molecule has 0 saturated heterocycles. The van der Waals surface area contributed by atoms with E-state index in [1.54, 1.807) is 43.6 Å². The summed E-state index contributed by atoms with van der Waals surface area (Å²) < 4.78 is 20.0. The summed E-state index contributed by atoms with van der Waals surface area (Å²) in [5, 5.41) is 2.83. The molecule has 39 heavy (non-hydrogen) atoms. The van der Waals surface area contributed by atoms with E-state index in [2.05, 4.69) is 31.1 Å². The minimum atomic E-state index is -1.32. The number of hydrogen-bond donors (Lipinski definition) is 1. The van der Waals surface area contributed by atoms with E-state index in [0.29, 0.717) is 17.7 Å². The SMILES string of the molecule is Cn1cccc(C(C(=O)NCCc2cccc(F)c2)N(C(=O)c2cocn2)c2ccc(C(C)(C)C)cc2)c1=O. The van der Waals surface area contributed by atoms with Crippen molar-refractivity contribution in [3.05, 3.63) is 118 Å². The van der Waals surface area contributed by atoms with Crippen LogP contribution < -0.4 is 15.8 Å². The van der Waals surface area contributed by atoms with Crippen molar-refractivity contribution in [3.63, 3.8) is 0 Å². The predicted octanol–water partition coefficient (Wildman–Crippen LogP) is 4.56. The summed E-state index contributed by atoms with van der Waals surface area (Å²) in [4.78, 5) is 46.1. The van der Waals surface area contributed by atoms with Crippen LogP contribution in [0.5, 0.6) is 0 Å². The standard InChI is InChI=1S/C30H31FN4O4/c1-30(2,3)21-10-12-23(13-11-21)35(29(38)25-18-39-19-33-25)26(24-9-6-16-34(4)28(24)37)27(36)32-15-14-20-7-5-8-22(31)17-20/h5-13,16-19,26H,14-15H2,1-4H3,(H,32,36). The molecule has 1 N–H and O–H groups in total. The van der Waals surface area contributed by atoms with Crippen LogP contribution in [-0.4, -0.2) is 27.9 Å². The number of amides is 2. The van der Waals surface area contributed by atoms with E-state index in [0.717, 1.165) is 12.0 Å². The van der Waals surface area contributed by atoms with Gasteiger partial charge in [-0.15, -0.1) is 0 Å². The van der Waals surface area contributed by atoms with Crippen LogP contribution in [0.1, 0.15) is 54.0 Å². The zero-order valence-corrected chi connectivity index (χ0v) is 22.3. The van der Waals surface area contributed by atoms with Crippen molar-refractivity contribution in [2.24, 2.45) is 7.05 Å². The fourth-order valence-electron chi connectivity index (χ4n) is 4.29. The number of pyridine rings is 1. The molecular formula is C30H31FN4O4. The van der Waals surface area contributed by atoms with Crippen molar-refractivity contribution < 1.29 is 18.4 Å². The van der Waals surface area contributed by atoms with Crippen molar-refractivity contribution in [1.29, 1.82) is 0 Å². The Bertz CT molecular complexity index is 1510. The summed E-state index contributed by atoms with van der Waals surface area (Å²) in [5.74, 6) is -1.54. The van der Waals surface area contributed by atoms with E-state index in [1.807, 2.05) is 12.1 Å². The number of hydrogen-bond acceptors (Lipinski definition) is 5. The van der Waals surface area contributed by atoms with Gasteiger partial charge in [0.1, 0.15) is 18.1 Å². The summed E-state index contributed by atoms with van der Waals surface area (Å²) in [6.07, 6.45) is 4.26. The van der Waals surface area contributed by atoms with E-state index >= 15 is 0 Å². The maximum absolute atomic E-state index is 13.8. The maximum Gasteiger partial charge on any atom is 0.281 e. The second-order valence-electron chi connectivity index (χ2n) is 10.3. The van der Waals surface area contributed by atoms with Crippen LogP contribution in [0.2, 0.25) is 0 Å². The Morgan fingerprint density at radius 2 is 1.85 bits per heavy atom. The number of nitrogens with zero attached hydrogens (tertiary/aromatic N) is 3. The molecule has 202 valence electrons. The molecule has 0 saturated carbocycles. The zero-order valence-electron chi connectivity index (χ0n) is 22.3. The van der Waals surface area contributed by atoms with Gasteiger partial charge in [-0.1, -0.05) is 45.0 Å². The van der Waals surface area contributed by atoms with Crippen molar-refractivity contribution >= 4 is 17.5 Å². The minimum Gasteiger partial charge on any atom is -0.451 e. The fourth-order valence-corrected chi connectivity index (χ4v) is 4.29. The normalized spacial score (nSPS) is 12.1. The van der Waals surface area contributed by atoms with Crippen molar-refractivity contribution in [3.8, 4) is 0 Å². The van der Waals surface area contributed by atoms with Gasteiger partial charge in [-0.25, -0.2) is 9.37 Å². The molecule has 2 aromatic carbocycles. The van der Waals surface area contributed by atoms with Gasteiger partial charge >= 0.3 is 0 Å². The first-order chi connectivity index (χ1) is 18.6. The molecular weight excluding hydrogens is 499 g/mol. The molecule has 2 aromatic heterocycles.